The molecule has 2 aromatic heterocycles. The Balaban J connectivity index is 2.05. The van der Waals surface area contributed by atoms with Crippen molar-refractivity contribution >= 4 is 11.5 Å². The normalized spacial score (nSPS) is 13.0. The lowest BCUT2D eigenvalue weighted by molar-refractivity contribution is 0.674. The Morgan fingerprint density at radius 1 is 1.57 bits per heavy atom. The molecular formula is C7H10N6S. The Kier molecular flexibility index (Phi) is 2.51. The van der Waals surface area contributed by atoms with Crippen molar-refractivity contribution < 1.29 is 0 Å². The molecule has 0 aliphatic heterocycles. The number of rotatable bonds is 3. The van der Waals surface area contributed by atoms with E-state index in [9.17, 15) is 0 Å². The average molecular weight is 210 g/mol. The van der Waals surface area contributed by atoms with Gasteiger partial charge in [-0.15, -0.1) is 10.2 Å². The highest BCUT2D eigenvalue weighted by molar-refractivity contribution is 7.03. The molecule has 0 aromatic carbocycles. The highest BCUT2D eigenvalue weighted by Crippen LogP contribution is 2.12. The second kappa shape index (κ2) is 3.81. The lowest BCUT2D eigenvalue weighted by Gasteiger charge is -2.03. The Morgan fingerprint density at radius 3 is 3.00 bits per heavy atom. The molecule has 0 bridgehead atoms. The lowest BCUT2D eigenvalue weighted by Crippen LogP contribution is -2.14. The first kappa shape index (κ1) is 9.22. The third-order valence-electron chi connectivity index (χ3n) is 1.84. The molecule has 0 aliphatic rings. The molecule has 1 unspecified atom stereocenters. The third-order valence-corrected chi connectivity index (χ3v) is 2.36. The Bertz CT molecular complexity index is 394. The first-order valence-corrected chi connectivity index (χ1v) is 4.97. The summed E-state index contributed by atoms with van der Waals surface area (Å²) >= 11 is 1.30. The Hall–Kier alpha value is -1.34. The molecule has 0 fully saturated rings. The van der Waals surface area contributed by atoms with Gasteiger partial charge in [0.2, 0.25) is 0 Å². The minimum absolute atomic E-state index is 0.148. The van der Waals surface area contributed by atoms with E-state index in [1.807, 2.05) is 18.6 Å². The van der Waals surface area contributed by atoms with E-state index >= 15 is 0 Å². The van der Waals surface area contributed by atoms with Gasteiger partial charge in [-0.25, -0.2) is 0 Å². The van der Waals surface area contributed by atoms with Crippen LogP contribution in [0.2, 0.25) is 0 Å². The predicted octanol–water partition coefficient (Wildman–Crippen LogP) is -0.0909. The van der Waals surface area contributed by atoms with Crippen LogP contribution in [0.1, 0.15) is 17.4 Å². The Morgan fingerprint density at radius 2 is 2.43 bits per heavy atom. The fourth-order valence-electron chi connectivity index (χ4n) is 1.15. The zero-order chi connectivity index (χ0) is 9.97. The van der Waals surface area contributed by atoms with Crippen LogP contribution in [0.4, 0.5) is 0 Å². The number of nitrogens with zero attached hydrogens (tertiary/aromatic N) is 5. The van der Waals surface area contributed by atoms with Crippen molar-refractivity contribution in [3.8, 4) is 0 Å². The van der Waals surface area contributed by atoms with Gasteiger partial charge in [0.15, 0.2) is 0 Å². The molecule has 0 saturated carbocycles. The van der Waals surface area contributed by atoms with E-state index in [0.717, 1.165) is 11.4 Å². The van der Waals surface area contributed by atoms with E-state index < -0.39 is 0 Å². The van der Waals surface area contributed by atoms with Crippen molar-refractivity contribution in [3.05, 3.63) is 23.0 Å². The maximum absolute atomic E-state index is 5.91. The highest BCUT2D eigenvalue weighted by Gasteiger charge is 2.11. The van der Waals surface area contributed by atoms with Gasteiger partial charge in [0.1, 0.15) is 0 Å². The molecule has 2 heterocycles. The summed E-state index contributed by atoms with van der Waals surface area (Å²) in [5.74, 6) is 0. The summed E-state index contributed by atoms with van der Waals surface area (Å²) in [5, 5.41) is 13.5. The van der Waals surface area contributed by atoms with Gasteiger partial charge < -0.3 is 5.73 Å². The summed E-state index contributed by atoms with van der Waals surface area (Å²) in [6.45, 7) is 0. The van der Waals surface area contributed by atoms with Crippen molar-refractivity contribution in [1.82, 2.24) is 24.6 Å². The minimum Gasteiger partial charge on any atom is -0.322 e. The van der Waals surface area contributed by atoms with E-state index in [0.29, 0.717) is 6.42 Å². The molecule has 7 heteroatoms. The first-order valence-electron chi connectivity index (χ1n) is 4.13. The molecule has 0 aliphatic carbocycles. The van der Waals surface area contributed by atoms with Gasteiger partial charge in [0, 0.05) is 25.0 Å². The van der Waals surface area contributed by atoms with Crippen LogP contribution >= 0.6 is 11.5 Å². The fourth-order valence-corrected chi connectivity index (χ4v) is 1.67. The fraction of sp³-hybridized carbons (Fsp3) is 0.429. The summed E-state index contributed by atoms with van der Waals surface area (Å²) in [4.78, 5) is 0. The van der Waals surface area contributed by atoms with Gasteiger partial charge >= 0.3 is 0 Å². The van der Waals surface area contributed by atoms with E-state index in [1.165, 1.54) is 11.5 Å². The minimum atomic E-state index is -0.148. The average Bonchev–Trinajstić information content (AvgIpc) is 2.75. The number of hydrogen-bond donors (Lipinski definition) is 1. The zero-order valence-electron chi connectivity index (χ0n) is 7.66. The van der Waals surface area contributed by atoms with E-state index in [1.54, 1.807) is 4.68 Å². The van der Waals surface area contributed by atoms with Gasteiger partial charge in [-0.2, -0.15) is 0 Å². The van der Waals surface area contributed by atoms with Crippen LogP contribution < -0.4 is 5.73 Å². The van der Waals surface area contributed by atoms with Crippen LogP contribution in [0, 0.1) is 0 Å². The summed E-state index contributed by atoms with van der Waals surface area (Å²) in [6, 6.07) is -0.148. The highest BCUT2D eigenvalue weighted by atomic mass is 32.1. The SMILES string of the molecule is Cn1cc(CC(N)c2csnn2)nn1. The zero-order valence-corrected chi connectivity index (χ0v) is 8.48. The molecule has 74 valence electrons. The monoisotopic (exact) mass is 210 g/mol. The number of aryl methyl sites for hydroxylation is 1. The second-order valence-corrected chi connectivity index (χ2v) is 3.63. The van der Waals surface area contributed by atoms with Crippen molar-refractivity contribution in [2.24, 2.45) is 12.8 Å². The number of hydrogen-bond acceptors (Lipinski definition) is 6. The van der Waals surface area contributed by atoms with Crippen LogP contribution in [0.3, 0.4) is 0 Å². The van der Waals surface area contributed by atoms with Crippen molar-refractivity contribution in [3.63, 3.8) is 0 Å². The van der Waals surface area contributed by atoms with E-state index in [-0.39, 0.29) is 6.04 Å². The number of aromatic nitrogens is 5. The maximum atomic E-state index is 5.91. The third kappa shape index (κ3) is 1.94. The van der Waals surface area contributed by atoms with Crippen LogP contribution in [0.25, 0.3) is 0 Å². The van der Waals surface area contributed by atoms with Crippen molar-refractivity contribution in [1.29, 1.82) is 0 Å². The van der Waals surface area contributed by atoms with E-state index in [2.05, 4.69) is 19.9 Å². The van der Waals surface area contributed by atoms with Gasteiger partial charge in [-0.3, -0.25) is 4.68 Å². The molecule has 1 atom stereocenters. The second-order valence-electron chi connectivity index (χ2n) is 3.02. The Labute approximate surface area is 84.9 Å². The van der Waals surface area contributed by atoms with Crippen LogP contribution in [-0.2, 0) is 13.5 Å². The lowest BCUT2D eigenvalue weighted by atomic mass is 10.1. The van der Waals surface area contributed by atoms with Gasteiger partial charge in [0.25, 0.3) is 0 Å². The topological polar surface area (TPSA) is 82.5 Å². The summed E-state index contributed by atoms with van der Waals surface area (Å²) in [5.41, 5.74) is 7.58. The van der Waals surface area contributed by atoms with Crippen LogP contribution in [-0.4, -0.2) is 24.6 Å². The quantitative estimate of drug-likeness (QED) is 0.765. The van der Waals surface area contributed by atoms with Gasteiger partial charge in [-0.05, 0) is 11.5 Å². The van der Waals surface area contributed by atoms with Crippen LogP contribution in [0.15, 0.2) is 11.6 Å². The van der Waals surface area contributed by atoms with E-state index in [4.69, 9.17) is 5.73 Å². The predicted molar refractivity (Wildman–Crippen MR) is 51.5 cm³/mol. The summed E-state index contributed by atoms with van der Waals surface area (Å²) in [6.07, 6.45) is 2.49. The molecule has 0 amide bonds. The molecule has 2 aromatic rings. The number of nitrogens with two attached hydrogens (primary N) is 1. The summed E-state index contributed by atoms with van der Waals surface area (Å²) in [7, 11) is 1.83. The molecule has 14 heavy (non-hydrogen) atoms. The largest absolute Gasteiger partial charge is 0.322 e. The first-order chi connectivity index (χ1) is 6.75. The maximum Gasteiger partial charge on any atom is 0.0926 e. The van der Waals surface area contributed by atoms with Crippen molar-refractivity contribution in [2.75, 3.05) is 0 Å². The van der Waals surface area contributed by atoms with Gasteiger partial charge in [0.05, 0.1) is 17.4 Å². The molecule has 2 N–H and O–H groups in total. The smallest absolute Gasteiger partial charge is 0.0926 e. The molecule has 0 spiro atoms. The molecule has 0 saturated heterocycles. The summed E-state index contributed by atoms with van der Waals surface area (Å²) < 4.78 is 5.41. The molecule has 2 rings (SSSR count). The van der Waals surface area contributed by atoms with Gasteiger partial charge in [-0.1, -0.05) is 9.70 Å². The standard InChI is InChI=1S/C7H10N6S/c1-13-3-5(9-11-13)2-6(8)7-4-14-12-10-7/h3-4,6H,2,8H2,1H3. The molecule has 0 radical (unpaired) electrons. The van der Waals surface area contributed by atoms with Crippen LogP contribution in [0.5, 0.6) is 0 Å². The molecular weight excluding hydrogens is 200 g/mol. The molecule has 6 nitrogen and oxygen atoms in total. The van der Waals surface area contributed by atoms with Crippen molar-refractivity contribution in [2.45, 2.75) is 12.5 Å².